The number of pyridine rings is 1. The molecule has 2 saturated carbocycles. The van der Waals surface area contributed by atoms with Crippen LogP contribution in [-0.2, 0) is 14.3 Å². The molecule has 5 aliphatic rings. The summed E-state index contributed by atoms with van der Waals surface area (Å²) in [5.74, 6) is -0.269. The van der Waals surface area contributed by atoms with Crippen LogP contribution >= 0.6 is 11.6 Å². The van der Waals surface area contributed by atoms with Gasteiger partial charge in [0.05, 0.1) is 34.3 Å². The molecule has 2 amide bonds. The second-order valence-corrected chi connectivity index (χ2v) is 12.9. The van der Waals surface area contributed by atoms with E-state index < -0.39 is 12.1 Å². The Labute approximate surface area is 264 Å². The van der Waals surface area contributed by atoms with Gasteiger partial charge in [0.1, 0.15) is 0 Å². The molecular formula is C37H29ClN2O5. The topological polar surface area (TPSA) is 93.6 Å². The van der Waals surface area contributed by atoms with Crippen LogP contribution < -0.4 is 4.90 Å². The lowest BCUT2D eigenvalue weighted by Gasteiger charge is -2.37. The summed E-state index contributed by atoms with van der Waals surface area (Å²) in [4.78, 5) is 60.0. The molecule has 224 valence electrons. The van der Waals surface area contributed by atoms with Crippen molar-refractivity contribution in [1.82, 2.24) is 4.98 Å². The lowest BCUT2D eigenvalue weighted by molar-refractivity contribution is -0.124. The minimum absolute atomic E-state index is 0.108. The highest BCUT2D eigenvalue weighted by Crippen LogP contribution is 2.65. The maximum atomic E-state index is 13.6. The Hall–Kier alpha value is -4.62. The van der Waals surface area contributed by atoms with Gasteiger partial charge in [-0.25, -0.2) is 9.78 Å². The molecule has 7 atom stereocenters. The van der Waals surface area contributed by atoms with Crippen LogP contribution in [0.25, 0.3) is 22.2 Å². The maximum absolute atomic E-state index is 13.6. The molecule has 7 unspecified atom stereocenters. The zero-order valence-corrected chi connectivity index (χ0v) is 25.2. The Balaban J connectivity index is 1.10. The van der Waals surface area contributed by atoms with Gasteiger partial charge in [-0.1, -0.05) is 73.1 Å². The summed E-state index contributed by atoms with van der Waals surface area (Å²) in [6.45, 7) is 1.79. The third kappa shape index (κ3) is 4.44. The molecule has 0 spiro atoms. The predicted molar refractivity (Wildman–Crippen MR) is 170 cm³/mol. The zero-order chi connectivity index (χ0) is 31.0. The molecule has 2 bridgehead atoms. The second-order valence-electron chi connectivity index (χ2n) is 12.5. The minimum Gasteiger partial charge on any atom is -0.450 e. The summed E-state index contributed by atoms with van der Waals surface area (Å²) in [6, 6.07) is 22.6. The number of halogens is 1. The number of amides is 2. The van der Waals surface area contributed by atoms with E-state index in [2.05, 4.69) is 12.2 Å². The number of ketones is 1. The van der Waals surface area contributed by atoms with Crippen molar-refractivity contribution in [3.8, 4) is 11.3 Å². The number of imide groups is 1. The van der Waals surface area contributed by atoms with E-state index in [-0.39, 0.29) is 46.8 Å². The van der Waals surface area contributed by atoms with E-state index in [0.717, 1.165) is 6.42 Å². The molecule has 1 saturated heterocycles. The Kier molecular flexibility index (Phi) is 6.50. The van der Waals surface area contributed by atoms with E-state index in [1.807, 2.05) is 6.07 Å². The van der Waals surface area contributed by atoms with Crippen molar-refractivity contribution in [2.75, 3.05) is 4.90 Å². The van der Waals surface area contributed by atoms with Gasteiger partial charge in [0.25, 0.3) is 0 Å². The first kappa shape index (κ1) is 27.9. The van der Waals surface area contributed by atoms with Gasteiger partial charge in [-0.15, -0.1) is 0 Å². The number of rotatable bonds is 7. The number of nitrogens with zero attached hydrogens (tertiary/aromatic N) is 2. The Morgan fingerprint density at radius 3 is 2.22 bits per heavy atom. The number of ether oxygens (including phenoxy) is 1. The third-order valence-electron chi connectivity index (χ3n) is 10.0. The first-order valence-corrected chi connectivity index (χ1v) is 15.8. The van der Waals surface area contributed by atoms with Crippen molar-refractivity contribution >= 4 is 51.8 Å². The fourth-order valence-electron chi connectivity index (χ4n) is 7.81. The van der Waals surface area contributed by atoms with Crippen LogP contribution in [0.2, 0.25) is 5.02 Å². The summed E-state index contributed by atoms with van der Waals surface area (Å²) >= 11 is 6.30. The largest absolute Gasteiger partial charge is 0.450 e. The van der Waals surface area contributed by atoms with E-state index >= 15 is 0 Å². The Morgan fingerprint density at radius 2 is 1.58 bits per heavy atom. The van der Waals surface area contributed by atoms with E-state index in [9.17, 15) is 19.2 Å². The monoisotopic (exact) mass is 616 g/mol. The molecule has 45 heavy (non-hydrogen) atoms. The SMILES string of the molecule is CCC(OC(=O)c1cc(-c2ccc(N3C(=O)C4C5C=CC(C6CC56)C4C3=O)cc2)nc2ccc(Cl)cc12)C(=O)c1ccccc1. The number of benzene rings is 3. The van der Waals surface area contributed by atoms with Crippen LogP contribution in [0.15, 0.2) is 91.0 Å². The van der Waals surface area contributed by atoms with E-state index in [1.54, 1.807) is 79.7 Å². The first-order chi connectivity index (χ1) is 21.8. The number of allylic oxidation sites excluding steroid dienone is 2. The number of esters is 1. The third-order valence-corrected chi connectivity index (χ3v) is 10.3. The average molecular weight is 617 g/mol. The molecule has 9 rings (SSSR count). The average Bonchev–Trinajstić information content (AvgIpc) is 3.85. The molecule has 0 N–H and O–H groups in total. The number of aromatic nitrogens is 1. The number of hydrogen-bond donors (Lipinski definition) is 0. The highest BCUT2D eigenvalue weighted by atomic mass is 35.5. The van der Waals surface area contributed by atoms with Crippen molar-refractivity contribution in [2.24, 2.45) is 35.5 Å². The summed E-state index contributed by atoms with van der Waals surface area (Å²) in [7, 11) is 0. The van der Waals surface area contributed by atoms with Gasteiger partial charge >= 0.3 is 5.97 Å². The number of carbonyl (C=O) groups is 4. The number of fused-ring (bicyclic) bond motifs is 1. The molecule has 3 fully saturated rings. The first-order valence-electron chi connectivity index (χ1n) is 15.4. The molecule has 1 aromatic heterocycles. The van der Waals surface area contributed by atoms with E-state index in [0.29, 0.717) is 56.7 Å². The van der Waals surface area contributed by atoms with Gasteiger partial charge in [0, 0.05) is 21.5 Å². The van der Waals surface area contributed by atoms with Gasteiger partial charge in [-0.2, -0.15) is 0 Å². The standard InChI is InChI=1S/C37H29ClN2O5/c1-2-31(34(41)20-6-4-3-5-7-20)45-37(44)28-18-30(39-29-15-10-21(38)16-27(28)29)19-8-11-22(12-9-19)40-35(42)32-23-13-14-24(26-17-25(23)26)33(32)36(40)43/h3-16,18,23-26,31-33H,2,17H2,1H3. The molecule has 7 nitrogen and oxygen atoms in total. The fraction of sp³-hybridized carbons (Fsp3) is 0.270. The van der Waals surface area contributed by atoms with Gasteiger partial charge in [0.15, 0.2) is 6.10 Å². The predicted octanol–water partition coefficient (Wildman–Crippen LogP) is 6.93. The van der Waals surface area contributed by atoms with Crippen LogP contribution in [0.3, 0.4) is 0 Å². The number of anilines is 1. The van der Waals surface area contributed by atoms with Crippen LogP contribution in [-0.4, -0.2) is 34.7 Å². The van der Waals surface area contributed by atoms with Crippen LogP contribution in [0.5, 0.6) is 0 Å². The fourth-order valence-corrected chi connectivity index (χ4v) is 7.98. The van der Waals surface area contributed by atoms with Gasteiger partial charge in [-0.05, 0) is 72.9 Å². The zero-order valence-electron chi connectivity index (χ0n) is 24.4. The Morgan fingerprint density at radius 1 is 0.911 bits per heavy atom. The number of carbonyl (C=O) groups excluding carboxylic acids is 4. The van der Waals surface area contributed by atoms with Gasteiger partial charge in [-0.3, -0.25) is 19.3 Å². The quantitative estimate of drug-likeness (QED) is 0.0967. The van der Waals surface area contributed by atoms with Crippen molar-refractivity contribution in [1.29, 1.82) is 0 Å². The van der Waals surface area contributed by atoms with Gasteiger partial charge in [0.2, 0.25) is 17.6 Å². The van der Waals surface area contributed by atoms with Crippen molar-refractivity contribution < 1.29 is 23.9 Å². The molecule has 4 aliphatic carbocycles. The molecule has 3 aromatic carbocycles. The Bertz CT molecular complexity index is 1900. The van der Waals surface area contributed by atoms with Crippen molar-refractivity contribution in [3.63, 3.8) is 0 Å². The summed E-state index contributed by atoms with van der Waals surface area (Å²) in [6.07, 6.45) is 4.80. The highest BCUT2D eigenvalue weighted by Gasteiger charge is 2.67. The normalized spacial score (nSPS) is 26.5. The lowest BCUT2D eigenvalue weighted by Crippen LogP contribution is -2.40. The highest BCUT2D eigenvalue weighted by molar-refractivity contribution is 6.31. The summed E-state index contributed by atoms with van der Waals surface area (Å²) < 4.78 is 5.78. The number of Topliss-reactive ketones (excluding diaryl/α,β-unsaturated/α-hetero) is 1. The molecule has 0 radical (unpaired) electrons. The summed E-state index contributed by atoms with van der Waals surface area (Å²) in [5, 5.41) is 0.941. The molecule has 2 heterocycles. The van der Waals surface area contributed by atoms with Gasteiger partial charge < -0.3 is 4.74 Å². The molecule has 1 aliphatic heterocycles. The van der Waals surface area contributed by atoms with Crippen LogP contribution in [0.1, 0.15) is 40.5 Å². The smallest absolute Gasteiger partial charge is 0.339 e. The van der Waals surface area contributed by atoms with E-state index in [1.165, 1.54) is 4.90 Å². The van der Waals surface area contributed by atoms with Crippen LogP contribution in [0.4, 0.5) is 5.69 Å². The van der Waals surface area contributed by atoms with E-state index in [4.69, 9.17) is 21.3 Å². The minimum atomic E-state index is -0.958. The molecule has 8 heteroatoms. The molecule has 4 aromatic rings. The van der Waals surface area contributed by atoms with Crippen molar-refractivity contribution in [2.45, 2.75) is 25.9 Å². The summed E-state index contributed by atoms with van der Waals surface area (Å²) in [5.41, 5.74) is 2.96. The molecular weight excluding hydrogens is 588 g/mol. The number of hydrogen-bond acceptors (Lipinski definition) is 6. The maximum Gasteiger partial charge on any atom is 0.339 e. The second kappa shape index (κ2) is 10.5. The lowest BCUT2D eigenvalue weighted by atomic mass is 9.63. The van der Waals surface area contributed by atoms with Crippen molar-refractivity contribution in [3.05, 3.63) is 107 Å². The van der Waals surface area contributed by atoms with Crippen LogP contribution in [0, 0.1) is 35.5 Å².